The van der Waals surface area contributed by atoms with Crippen LogP contribution in [-0.4, -0.2) is 11.1 Å². The van der Waals surface area contributed by atoms with E-state index in [2.05, 4.69) is 67.7 Å². The highest BCUT2D eigenvalue weighted by molar-refractivity contribution is 5.66. The highest BCUT2D eigenvalue weighted by Gasteiger charge is 1.96. The van der Waals surface area contributed by atoms with E-state index in [0.717, 1.165) is 38.5 Å². The number of carboxylic acids is 1. The van der Waals surface area contributed by atoms with Crippen LogP contribution < -0.4 is 0 Å². The third-order valence-corrected chi connectivity index (χ3v) is 5.41. The second-order valence-corrected chi connectivity index (χ2v) is 8.56. The molecule has 2 heteroatoms. The van der Waals surface area contributed by atoms with Crippen molar-refractivity contribution in [2.24, 2.45) is 0 Å². The summed E-state index contributed by atoms with van der Waals surface area (Å²) in [6.45, 7) is 2.25. The number of hydrogen-bond acceptors (Lipinski definition) is 1. The van der Waals surface area contributed by atoms with Crippen LogP contribution in [-0.2, 0) is 4.79 Å². The smallest absolute Gasteiger partial charge is 0.303 e. The van der Waals surface area contributed by atoms with E-state index in [0.29, 0.717) is 6.42 Å². The largest absolute Gasteiger partial charge is 0.481 e. The minimum absolute atomic E-state index is 0.327. The topological polar surface area (TPSA) is 37.3 Å². The Morgan fingerprint density at radius 2 is 0.844 bits per heavy atom. The second kappa shape index (κ2) is 27.2. The van der Waals surface area contributed by atoms with Gasteiger partial charge in [-0.15, -0.1) is 0 Å². The van der Waals surface area contributed by atoms with Gasteiger partial charge in [-0.2, -0.15) is 0 Å². The Labute approximate surface area is 199 Å². The average molecular weight is 443 g/mol. The van der Waals surface area contributed by atoms with E-state index in [1.54, 1.807) is 0 Å². The van der Waals surface area contributed by atoms with Gasteiger partial charge in [0.05, 0.1) is 0 Å². The first-order chi connectivity index (χ1) is 15.8. The molecule has 182 valence electrons. The first kappa shape index (κ1) is 30.2. The number of allylic oxidation sites excluding steroid dienone is 10. The van der Waals surface area contributed by atoms with E-state index >= 15 is 0 Å². The van der Waals surface area contributed by atoms with Crippen LogP contribution in [0.15, 0.2) is 60.8 Å². The normalized spacial score (nSPS) is 12.5. The summed E-state index contributed by atoms with van der Waals surface area (Å²) in [5.41, 5.74) is 0. The van der Waals surface area contributed by atoms with E-state index in [4.69, 9.17) is 5.11 Å². The molecule has 0 aliphatic carbocycles. The zero-order valence-electron chi connectivity index (χ0n) is 20.9. The Bertz CT molecular complexity index is 537. The molecule has 0 bridgehead atoms. The fraction of sp³-hybridized carbons (Fsp3) is 0.633. The monoisotopic (exact) mass is 442 g/mol. The summed E-state index contributed by atoms with van der Waals surface area (Å²) in [4.78, 5) is 10.4. The van der Waals surface area contributed by atoms with Gasteiger partial charge in [0.2, 0.25) is 0 Å². The molecule has 0 fully saturated rings. The fourth-order valence-electron chi connectivity index (χ4n) is 3.43. The van der Waals surface area contributed by atoms with E-state index in [9.17, 15) is 4.79 Å². The summed E-state index contributed by atoms with van der Waals surface area (Å²) in [5.74, 6) is -0.666. The van der Waals surface area contributed by atoms with Crippen LogP contribution in [0.1, 0.15) is 122 Å². The molecule has 1 N–H and O–H groups in total. The van der Waals surface area contributed by atoms with Gasteiger partial charge in [0.25, 0.3) is 0 Å². The van der Waals surface area contributed by atoms with Gasteiger partial charge in [0.1, 0.15) is 0 Å². The number of carboxylic acid groups (broad SMARTS) is 1. The number of aliphatic carboxylic acids is 1. The number of rotatable bonds is 23. The summed E-state index contributed by atoms with van der Waals surface area (Å²) in [6, 6.07) is 0. The van der Waals surface area contributed by atoms with Crippen molar-refractivity contribution >= 4 is 5.97 Å². The molecule has 0 atom stereocenters. The van der Waals surface area contributed by atoms with Crippen molar-refractivity contribution in [3.8, 4) is 0 Å². The molecule has 0 aromatic rings. The van der Waals surface area contributed by atoms with Gasteiger partial charge in [0.15, 0.2) is 0 Å². The molecule has 0 heterocycles. The molecule has 0 aliphatic heterocycles. The molecule has 0 radical (unpaired) electrons. The molecular weight excluding hydrogens is 392 g/mol. The third-order valence-electron chi connectivity index (χ3n) is 5.41. The predicted molar refractivity (Wildman–Crippen MR) is 142 cm³/mol. The van der Waals surface area contributed by atoms with Crippen molar-refractivity contribution in [2.75, 3.05) is 0 Å². The Balaban J connectivity index is 3.36. The third kappa shape index (κ3) is 28.2. The van der Waals surface area contributed by atoms with Gasteiger partial charge in [-0.25, -0.2) is 0 Å². The van der Waals surface area contributed by atoms with Crippen LogP contribution in [0.4, 0.5) is 0 Å². The van der Waals surface area contributed by atoms with Crippen molar-refractivity contribution in [1.82, 2.24) is 0 Å². The fourth-order valence-corrected chi connectivity index (χ4v) is 3.43. The summed E-state index contributed by atoms with van der Waals surface area (Å²) in [5, 5.41) is 8.59. The molecule has 0 aliphatic rings. The van der Waals surface area contributed by atoms with Crippen LogP contribution in [0, 0.1) is 0 Å². The maximum Gasteiger partial charge on any atom is 0.303 e. The van der Waals surface area contributed by atoms with Crippen molar-refractivity contribution in [2.45, 2.75) is 122 Å². The zero-order chi connectivity index (χ0) is 23.4. The number of unbranched alkanes of at least 4 members (excludes halogenated alkanes) is 11. The van der Waals surface area contributed by atoms with Crippen molar-refractivity contribution in [1.29, 1.82) is 0 Å². The molecule has 0 aromatic heterocycles. The molecular formula is C30H50O2. The summed E-state index contributed by atoms with van der Waals surface area (Å²) in [7, 11) is 0. The lowest BCUT2D eigenvalue weighted by molar-refractivity contribution is -0.137. The van der Waals surface area contributed by atoms with E-state index in [1.807, 2.05) is 0 Å². The first-order valence-electron chi connectivity index (χ1n) is 13.2. The van der Waals surface area contributed by atoms with Gasteiger partial charge in [-0.1, -0.05) is 119 Å². The van der Waals surface area contributed by atoms with Crippen molar-refractivity contribution in [3.05, 3.63) is 60.8 Å². The molecule has 0 spiro atoms. The molecule has 0 unspecified atom stereocenters. The molecule has 0 amide bonds. The molecule has 0 saturated heterocycles. The standard InChI is InChI=1S/C30H50O2/c1-2-3-4-5-6-7-8-9-10-11-12-13-14-15-16-17-18-19-20-21-22-23-24-25-26-27-28-29-30(31)32/h6-7,9-10,12-13,15-16,18-19H,2-5,8,11,14,17,20-29H2,1H3,(H,31,32)/b7-6-,10-9-,13-12-,16-15-,19-18-. The van der Waals surface area contributed by atoms with Crippen LogP contribution in [0.3, 0.4) is 0 Å². The van der Waals surface area contributed by atoms with Crippen LogP contribution in [0.25, 0.3) is 0 Å². The number of carbonyl (C=O) groups is 1. The second-order valence-electron chi connectivity index (χ2n) is 8.56. The highest BCUT2D eigenvalue weighted by atomic mass is 16.4. The van der Waals surface area contributed by atoms with E-state index < -0.39 is 5.97 Å². The molecule has 32 heavy (non-hydrogen) atoms. The van der Waals surface area contributed by atoms with Crippen molar-refractivity contribution in [3.63, 3.8) is 0 Å². The average Bonchev–Trinajstić information content (AvgIpc) is 2.78. The summed E-state index contributed by atoms with van der Waals surface area (Å²) in [6.07, 6.45) is 43.1. The highest BCUT2D eigenvalue weighted by Crippen LogP contribution is 2.11. The lowest BCUT2D eigenvalue weighted by Gasteiger charge is -2.00. The van der Waals surface area contributed by atoms with E-state index in [1.165, 1.54) is 70.6 Å². The summed E-state index contributed by atoms with van der Waals surface area (Å²) < 4.78 is 0. The Morgan fingerprint density at radius 3 is 1.25 bits per heavy atom. The van der Waals surface area contributed by atoms with Gasteiger partial charge in [-0.3, -0.25) is 4.79 Å². The Hall–Kier alpha value is -1.83. The minimum Gasteiger partial charge on any atom is -0.481 e. The maximum absolute atomic E-state index is 10.4. The zero-order valence-corrected chi connectivity index (χ0v) is 20.9. The van der Waals surface area contributed by atoms with E-state index in [-0.39, 0.29) is 0 Å². The maximum atomic E-state index is 10.4. The molecule has 2 nitrogen and oxygen atoms in total. The molecule has 0 rings (SSSR count). The van der Waals surface area contributed by atoms with Crippen LogP contribution in [0.2, 0.25) is 0 Å². The lowest BCUT2D eigenvalue weighted by atomic mass is 10.1. The summed E-state index contributed by atoms with van der Waals surface area (Å²) >= 11 is 0. The van der Waals surface area contributed by atoms with Crippen LogP contribution >= 0.6 is 0 Å². The lowest BCUT2D eigenvalue weighted by Crippen LogP contribution is -1.93. The van der Waals surface area contributed by atoms with Gasteiger partial charge < -0.3 is 5.11 Å². The Morgan fingerprint density at radius 1 is 0.500 bits per heavy atom. The SMILES string of the molecule is CCCCC/C=C\C/C=C\C/C=C\C/C=C\C/C=C\CCCCCCCCCCC(=O)O. The minimum atomic E-state index is -0.666. The first-order valence-corrected chi connectivity index (χ1v) is 13.2. The van der Waals surface area contributed by atoms with Gasteiger partial charge >= 0.3 is 5.97 Å². The number of hydrogen-bond donors (Lipinski definition) is 1. The quantitative estimate of drug-likeness (QED) is 0.126. The predicted octanol–water partition coefficient (Wildman–Crippen LogP) is 9.89. The van der Waals surface area contributed by atoms with Gasteiger partial charge in [0, 0.05) is 6.42 Å². The van der Waals surface area contributed by atoms with Crippen LogP contribution in [0.5, 0.6) is 0 Å². The molecule has 0 saturated carbocycles. The Kier molecular flexibility index (Phi) is 25.6. The molecule has 0 aromatic carbocycles. The van der Waals surface area contributed by atoms with Crippen molar-refractivity contribution < 1.29 is 9.90 Å². The van der Waals surface area contributed by atoms with Gasteiger partial charge in [-0.05, 0) is 57.8 Å².